The summed E-state index contributed by atoms with van der Waals surface area (Å²) in [5.41, 5.74) is 1.88. The minimum absolute atomic E-state index is 0.0796. The van der Waals surface area contributed by atoms with Crippen LogP contribution in [0.2, 0.25) is 0 Å². The van der Waals surface area contributed by atoms with Gasteiger partial charge in [-0.1, -0.05) is 0 Å². The summed E-state index contributed by atoms with van der Waals surface area (Å²) in [6, 6.07) is 7.88. The summed E-state index contributed by atoms with van der Waals surface area (Å²) in [6.45, 7) is 2.51. The largest absolute Gasteiger partial charge is 0.466 e. The number of aryl methyl sites for hydroxylation is 3. The number of rotatable bonds is 5. The van der Waals surface area contributed by atoms with Gasteiger partial charge in [0.2, 0.25) is 0 Å². The van der Waals surface area contributed by atoms with Gasteiger partial charge in [0, 0.05) is 10.4 Å². The van der Waals surface area contributed by atoms with E-state index >= 15 is 0 Å². The number of benzene rings is 1. The maximum absolute atomic E-state index is 12.4. The number of aromatic nitrogens is 1. The summed E-state index contributed by atoms with van der Waals surface area (Å²) in [7, 11) is 0. The second kappa shape index (κ2) is 7.25. The Hall–Kier alpha value is -2.74. The second-order valence-corrected chi connectivity index (χ2v) is 6.81. The van der Waals surface area contributed by atoms with Gasteiger partial charge in [-0.25, -0.2) is 4.98 Å². The van der Waals surface area contributed by atoms with Crippen LogP contribution in [0.3, 0.4) is 0 Å². The molecule has 0 aliphatic rings. The molecule has 0 radical (unpaired) electrons. The Labute approximate surface area is 152 Å². The van der Waals surface area contributed by atoms with Crippen LogP contribution in [-0.4, -0.2) is 17.5 Å². The summed E-state index contributed by atoms with van der Waals surface area (Å²) in [5, 5.41) is 3.22. The number of carbonyl (C=O) groups is 1. The number of amides is 1. The van der Waals surface area contributed by atoms with Crippen molar-refractivity contribution in [1.82, 2.24) is 4.98 Å². The average Bonchev–Trinajstić information content (AvgIpc) is 3.09. The molecule has 0 atom stereocenters. The first kappa shape index (κ1) is 18.1. The molecular formula is C18H16F2N2O3S. The van der Waals surface area contributed by atoms with Crippen molar-refractivity contribution in [2.75, 3.05) is 5.32 Å². The zero-order chi connectivity index (χ0) is 18.8. The van der Waals surface area contributed by atoms with Gasteiger partial charge in [0.1, 0.15) is 17.3 Å². The number of alkyl halides is 2. The molecule has 1 aromatic carbocycles. The van der Waals surface area contributed by atoms with Crippen LogP contribution in [0.1, 0.15) is 26.8 Å². The van der Waals surface area contributed by atoms with Crippen molar-refractivity contribution in [3.8, 4) is 17.0 Å². The number of ether oxygens (including phenoxy) is 1. The fourth-order valence-electron chi connectivity index (χ4n) is 2.53. The molecule has 0 aliphatic heterocycles. The number of furan rings is 1. The van der Waals surface area contributed by atoms with Crippen molar-refractivity contribution in [3.63, 3.8) is 0 Å². The Morgan fingerprint density at radius 2 is 1.92 bits per heavy atom. The van der Waals surface area contributed by atoms with E-state index in [1.807, 2.05) is 6.92 Å². The lowest BCUT2D eigenvalue weighted by Crippen LogP contribution is -2.11. The molecule has 0 bridgehead atoms. The van der Waals surface area contributed by atoms with E-state index in [4.69, 9.17) is 4.42 Å². The van der Waals surface area contributed by atoms with Gasteiger partial charge in [-0.05, 0) is 51.1 Å². The van der Waals surface area contributed by atoms with Crippen molar-refractivity contribution in [1.29, 1.82) is 0 Å². The van der Waals surface area contributed by atoms with Gasteiger partial charge in [-0.2, -0.15) is 8.78 Å². The Kier molecular flexibility index (Phi) is 5.03. The minimum Gasteiger partial charge on any atom is -0.466 e. The minimum atomic E-state index is -2.86. The van der Waals surface area contributed by atoms with E-state index in [1.54, 1.807) is 32.0 Å². The van der Waals surface area contributed by atoms with Crippen molar-refractivity contribution in [2.24, 2.45) is 0 Å². The molecule has 1 N–H and O–H groups in total. The predicted molar refractivity (Wildman–Crippen MR) is 95.1 cm³/mol. The Bertz CT molecular complexity index is 933. The van der Waals surface area contributed by atoms with E-state index in [-0.39, 0.29) is 11.7 Å². The highest BCUT2D eigenvalue weighted by atomic mass is 32.1. The zero-order valence-corrected chi connectivity index (χ0v) is 15.1. The topological polar surface area (TPSA) is 64.4 Å². The summed E-state index contributed by atoms with van der Waals surface area (Å²) < 4.78 is 34.2. The van der Waals surface area contributed by atoms with Gasteiger partial charge in [-0.3, -0.25) is 10.1 Å². The van der Waals surface area contributed by atoms with E-state index in [1.165, 1.54) is 23.5 Å². The highest BCUT2D eigenvalue weighted by Crippen LogP contribution is 2.32. The van der Waals surface area contributed by atoms with Crippen LogP contribution >= 0.6 is 11.3 Å². The smallest absolute Gasteiger partial charge is 0.387 e. The highest BCUT2D eigenvalue weighted by molar-refractivity contribution is 7.16. The number of nitrogens with zero attached hydrogens (tertiary/aromatic N) is 1. The molecule has 0 spiro atoms. The average molecular weight is 378 g/mol. The molecule has 0 fully saturated rings. The summed E-state index contributed by atoms with van der Waals surface area (Å²) in [5.74, 6) is 0.995. The van der Waals surface area contributed by atoms with Crippen LogP contribution < -0.4 is 10.1 Å². The molecule has 3 rings (SSSR count). The molecule has 136 valence electrons. The van der Waals surface area contributed by atoms with Crippen molar-refractivity contribution in [2.45, 2.75) is 27.4 Å². The highest BCUT2D eigenvalue weighted by Gasteiger charge is 2.17. The van der Waals surface area contributed by atoms with Crippen molar-refractivity contribution >= 4 is 22.4 Å². The van der Waals surface area contributed by atoms with Crippen molar-refractivity contribution < 1.29 is 22.7 Å². The van der Waals surface area contributed by atoms with E-state index < -0.39 is 6.61 Å². The first-order chi connectivity index (χ1) is 12.3. The van der Waals surface area contributed by atoms with Gasteiger partial charge < -0.3 is 9.15 Å². The third kappa shape index (κ3) is 3.91. The fourth-order valence-corrected chi connectivity index (χ4v) is 3.36. The lowest BCUT2D eigenvalue weighted by Gasteiger charge is -2.05. The molecule has 0 unspecified atom stereocenters. The lowest BCUT2D eigenvalue weighted by molar-refractivity contribution is -0.0498. The molecule has 1 amide bonds. The Morgan fingerprint density at radius 3 is 2.50 bits per heavy atom. The van der Waals surface area contributed by atoms with Gasteiger partial charge in [0.05, 0.1) is 11.3 Å². The number of nitrogens with one attached hydrogen (secondary N) is 1. The quantitative estimate of drug-likeness (QED) is 0.664. The van der Waals surface area contributed by atoms with Gasteiger partial charge >= 0.3 is 6.61 Å². The van der Waals surface area contributed by atoms with E-state index in [0.29, 0.717) is 27.9 Å². The SMILES string of the molecule is Cc1cc(C(=O)Nc2nc(-c3ccc(OC(F)F)cc3)c(C)s2)c(C)o1. The molecule has 0 saturated heterocycles. The first-order valence-electron chi connectivity index (χ1n) is 7.74. The molecule has 5 nitrogen and oxygen atoms in total. The van der Waals surface area contributed by atoms with Crippen molar-refractivity contribution in [3.05, 3.63) is 52.3 Å². The summed E-state index contributed by atoms with van der Waals surface area (Å²) in [6.07, 6.45) is 0. The molecule has 0 saturated carbocycles. The molecule has 26 heavy (non-hydrogen) atoms. The van der Waals surface area contributed by atoms with E-state index in [9.17, 15) is 13.6 Å². The van der Waals surface area contributed by atoms with Crippen LogP contribution in [0.4, 0.5) is 13.9 Å². The third-order valence-corrected chi connectivity index (χ3v) is 4.54. The standard InChI is InChI=1S/C18H16F2N2O3S/c1-9-8-14(10(2)24-9)16(23)22-18-21-15(11(3)26-18)12-4-6-13(7-5-12)25-17(19)20/h4-8,17H,1-3H3,(H,21,22,23). The maximum Gasteiger partial charge on any atom is 0.387 e. The number of halogens is 2. The molecule has 0 aliphatic carbocycles. The lowest BCUT2D eigenvalue weighted by atomic mass is 10.1. The van der Waals surface area contributed by atoms with Crippen LogP contribution in [0.25, 0.3) is 11.3 Å². The summed E-state index contributed by atoms with van der Waals surface area (Å²) >= 11 is 1.33. The van der Waals surface area contributed by atoms with E-state index in [0.717, 1.165) is 10.4 Å². The summed E-state index contributed by atoms with van der Waals surface area (Å²) in [4.78, 5) is 17.7. The van der Waals surface area contributed by atoms with Gasteiger partial charge in [0.25, 0.3) is 5.91 Å². The van der Waals surface area contributed by atoms with Gasteiger partial charge in [-0.15, -0.1) is 11.3 Å². The van der Waals surface area contributed by atoms with Crippen LogP contribution in [0.15, 0.2) is 34.7 Å². The number of hydrogen-bond donors (Lipinski definition) is 1. The van der Waals surface area contributed by atoms with Gasteiger partial charge in [0.15, 0.2) is 5.13 Å². The molecule has 2 heterocycles. The predicted octanol–water partition coefficient (Wildman–Crippen LogP) is 5.18. The van der Waals surface area contributed by atoms with Crippen LogP contribution in [0.5, 0.6) is 5.75 Å². The Balaban J connectivity index is 1.78. The molecular weight excluding hydrogens is 362 g/mol. The first-order valence-corrected chi connectivity index (χ1v) is 8.56. The number of anilines is 1. The normalized spacial score (nSPS) is 11.0. The number of hydrogen-bond acceptors (Lipinski definition) is 5. The molecule has 3 aromatic rings. The van der Waals surface area contributed by atoms with Crippen LogP contribution in [-0.2, 0) is 0 Å². The number of carbonyl (C=O) groups excluding carboxylic acids is 1. The monoisotopic (exact) mass is 378 g/mol. The number of thiazole rings is 1. The second-order valence-electron chi connectivity index (χ2n) is 5.61. The molecule has 2 aromatic heterocycles. The zero-order valence-electron chi connectivity index (χ0n) is 14.3. The van der Waals surface area contributed by atoms with E-state index in [2.05, 4.69) is 15.0 Å². The Morgan fingerprint density at radius 1 is 1.23 bits per heavy atom. The fraction of sp³-hybridized carbons (Fsp3) is 0.222. The van der Waals surface area contributed by atoms with Crippen LogP contribution in [0, 0.1) is 20.8 Å². The molecule has 8 heteroatoms. The third-order valence-electron chi connectivity index (χ3n) is 3.66. The maximum atomic E-state index is 12.4.